The monoisotopic (exact) mass is 370 g/mol. The highest BCUT2D eigenvalue weighted by atomic mass is 16.4. The largest absolute Gasteiger partial charge is 0.465 e. The third kappa shape index (κ3) is 3.72. The van der Waals surface area contributed by atoms with Gasteiger partial charge in [0.15, 0.2) is 0 Å². The molecule has 3 rings (SSSR count). The van der Waals surface area contributed by atoms with Gasteiger partial charge in [0, 0.05) is 35.6 Å². The first-order valence-corrected chi connectivity index (χ1v) is 9.52. The maximum Gasteiger partial charge on any atom is 0.408 e. The summed E-state index contributed by atoms with van der Waals surface area (Å²) in [7, 11) is 0. The van der Waals surface area contributed by atoms with Crippen LogP contribution in [0, 0.1) is 6.92 Å². The highest BCUT2D eigenvalue weighted by Gasteiger charge is 2.34. The first-order valence-electron chi connectivity index (χ1n) is 9.52. The van der Waals surface area contributed by atoms with Crippen molar-refractivity contribution in [2.24, 2.45) is 5.73 Å². The summed E-state index contributed by atoms with van der Waals surface area (Å²) < 4.78 is 0. The van der Waals surface area contributed by atoms with Gasteiger partial charge in [-0.05, 0) is 52.7 Å². The van der Waals surface area contributed by atoms with Crippen LogP contribution in [0.2, 0.25) is 0 Å². The summed E-state index contributed by atoms with van der Waals surface area (Å²) in [4.78, 5) is 20.7. The van der Waals surface area contributed by atoms with Crippen LogP contribution in [-0.2, 0) is 0 Å². The number of rotatable bonds is 3. The highest BCUT2D eigenvalue weighted by Crippen LogP contribution is 2.36. The van der Waals surface area contributed by atoms with Crippen molar-refractivity contribution in [1.29, 1.82) is 0 Å². The molecule has 2 aromatic rings. The molecule has 0 spiro atoms. The normalized spacial score (nSPS) is 18.7. The van der Waals surface area contributed by atoms with Crippen molar-refractivity contribution in [3.8, 4) is 0 Å². The molecule has 1 amide bonds. The summed E-state index contributed by atoms with van der Waals surface area (Å²) in [6.07, 6.45) is -0.00753. The Kier molecular flexibility index (Phi) is 5.04. The number of pyridine rings is 1. The van der Waals surface area contributed by atoms with Gasteiger partial charge in [0.25, 0.3) is 0 Å². The van der Waals surface area contributed by atoms with Gasteiger partial charge in [-0.15, -0.1) is 0 Å². The van der Waals surface area contributed by atoms with E-state index in [-0.39, 0.29) is 12.1 Å². The fraction of sp³-hybridized carbons (Fsp3) is 0.524. The third-order valence-electron chi connectivity index (χ3n) is 5.35. The molecule has 0 saturated carbocycles. The minimum absolute atomic E-state index is 0.126. The molecule has 2 atom stereocenters. The minimum atomic E-state index is -0.927. The Labute approximate surface area is 161 Å². The topological polar surface area (TPSA) is 82.7 Å². The second-order valence-corrected chi connectivity index (χ2v) is 8.54. The number of amides is 1. The Morgan fingerprint density at radius 1 is 1.41 bits per heavy atom. The molecule has 0 radical (unpaired) electrons. The second kappa shape index (κ2) is 7.00. The van der Waals surface area contributed by atoms with E-state index in [4.69, 9.17) is 10.7 Å². The molecule has 1 aromatic heterocycles. The maximum absolute atomic E-state index is 12.0. The molecule has 0 aliphatic carbocycles. The number of anilines is 1. The molecule has 6 heteroatoms. The van der Waals surface area contributed by atoms with Gasteiger partial charge in [0.05, 0.1) is 11.6 Å². The van der Waals surface area contributed by atoms with Gasteiger partial charge < -0.3 is 15.7 Å². The van der Waals surface area contributed by atoms with E-state index >= 15 is 0 Å². The second-order valence-electron chi connectivity index (χ2n) is 8.54. The summed E-state index contributed by atoms with van der Waals surface area (Å²) in [5, 5.41) is 10.9. The number of hydrogen-bond acceptors (Lipinski definition) is 4. The van der Waals surface area contributed by atoms with Gasteiger partial charge in [-0.25, -0.2) is 9.78 Å². The lowest BCUT2D eigenvalue weighted by Gasteiger charge is -2.39. The smallest absolute Gasteiger partial charge is 0.408 e. The molecule has 1 aromatic carbocycles. The highest BCUT2D eigenvalue weighted by molar-refractivity contribution is 5.85. The van der Waals surface area contributed by atoms with Crippen LogP contribution in [0.15, 0.2) is 24.3 Å². The predicted octanol–water partition coefficient (Wildman–Crippen LogP) is 3.92. The molecule has 146 valence electrons. The van der Waals surface area contributed by atoms with Gasteiger partial charge in [0.2, 0.25) is 0 Å². The number of nitrogens with zero attached hydrogens (tertiary/aromatic N) is 3. The van der Waals surface area contributed by atoms with Crippen molar-refractivity contribution in [2.45, 2.75) is 58.7 Å². The number of aryl methyl sites for hydroxylation is 1. The van der Waals surface area contributed by atoms with E-state index in [0.717, 1.165) is 47.4 Å². The molecule has 1 aliphatic heterocycles. The van der Waals surface area contributed by atoms with Crippen LogP contribution in [0.3, 0.4) is 0 Å². The molecule has 1 saturated heterocycles. The number of carbonyl (C=O) groups is 1. The number of benzene rings is 1. The van der Waals surface area contributed by atoms with Crippen molar-refractivity contribution in [3.63, 3.8) is 0 Å². The van der Waals surface area contributed by atoms with E-state index in [1.54, 1.807) is 0 Å². The van der Waals surface area contributed by atoms with Crippen LogP contribution in [0.4, 0.5) is 10.6 Å². The summed E-state index contributed by atoms with van der Waals surface area (Å²) in [5.74, 6) is 0.854. The lowest BCUT2D eigenvalue weighted by Crippen LogP contribution is -2.46. The average molecular weight is 370 g/mol. The number of carboxylic acid groups (broad SMARTS) is 1. The van der Waals surface area contributed by atoms with E-state index < -0.39 is 11.6 Å². The minimum Gasteiger partial charge on any atom is -0.465 e. The molecular formula is C21H30N4O2. The van der Waals surface area contributed by atoms with Crippen molar-refractivity contribution >= 4 is 22.8 Å². The Hall–Kier alpha value is -2.34. The first kappa shape index (κ1) is 19.4. The van der Waals surface area contributed by atoms with Gasteiger partial charge in [-0.3, -0.25) is 4.90 Å². The molecule has 1 aliphatic rings. The van der Waals surface area contributed by atoms with Crippen molar-refractivity contribution < 1.29 is 9.90 Å². The fourth-order valence-corrected chi connectivity index (χ4v) is 4.07. The molecule has 0 bridgehead atoms. The van der Waals surface area contributed by atoms with Crippen LogP contribution >= 0.6 is 0 Å². The summed E-state index contributed by atoms with van der Waals surface area (Å²) in [6.45, 7) is 11.3. The third-order valence-corrected chi connectivity index (χ3v) is 5.35. The van der Waals surface area contributed by atoms with Gasteiger partial charge in [-0.1, -0.05) is 18.2 Å². The van der Waals surface area contributed by atoms with Crippen molar-refractivity contribution in [2.75, 3.05) is 18.0 Å². The Morgan fingerprint density at radius 2 is 2.11 bits per heavy atom. The fourth-order valence-electron chi connectivity index (χ4n) is 4.07. The predicted molar refractivity (Wildman–Crippen MR) is 109 cm³/mol. The summed E-state index contributed by atoms with van der Waals surface area (Å²) in [5.41, 5.74) is 8.62. The van der Waals surface area contributed by atoms with Gasteiger partial charge in [-0.2, -0.15) is 0 Å². The van der Waals surface area contributed by atoms with Crippen molar-refractivity contribution in [3.05, 3.63) is 35.4 Å². The van der Waals surface area contributed by atoms with Crippen LogP contribution < -0.4 is 10.6 Å². The molecule has 2 heterocycles. The van der Waals surface area contributed by atoms with Crippen LogP contribution in [0.25, 0.3) is 10.9 Å². The Balaban J connectivity index is 2.18. The number of para-hydroxylation sites is 1. The average Bonchev–Trinajstić information content (AvgIpc) is 2.98. The molecular weight excluding hydrogens is 340 g/mol. The first-order chi connectivity index (χ1) is 12.6. The lowest BCUT2D eigenvalue weighted by atomic mass is 9.98. The van der Waals surface area contributed by atoms with E-state index in [9.17, 15) is 9.90 Å². The molecule has 3 N–H and O–H groups in total. The zero-order valence-electron chi connectivity index (χ0n) is 16.9. The zero-order valence-corrected chi connectivity index (χ0v) is 16.9. The number of fused-ring (bicyclic) bond motifs is 1. The van der Waals surface area contributed by atoms with Crippen LogP contribution in [0.1, 0.15) is 51.3 Å². The molecule has 6 nitrogen and oxygen atoms in total. The molecule has 27 heavy (non-hydrogen) atoms. The van der Waals surface area contributed by atoms with E-state index in [2.05, 4.69) is 24.0 Å². The Morgan fingerprint density at radius 3 is 2.67 bits per heavy atom. The Bertz CT molecular complexity index is 859. The van der Waals surface area contributed by atoms with Crippen molar-refractivity contribution in [1.82, 2.24) is 9.88 Å². The number of nitrogens with two attached hydrogens (primary N) is 1. The zero-order chi connectivity index (χ0) is 19.9. The van der Waals surface area contributed by atoms with Crippen LogP contribution in [0.5, 0.6) is 0 Å². The van der Waals surface area contributed by atoms with Gasteiger partial charge in [0.1, 0.15) is 5.82 Å². The van der Waals surface area contributed by atoms with Gasteiger partial charge >= 0.3 is 6.09 Å². The lowest BCUT2D eigenvalue weighted by molar-refractivity contribution is 0.0754. The molecule has 2 unspecified atom stereocenters. The van der Waals surface area contributed by atoms with E-state index in [1.807, 2.05) is 39.8 Å². The summed E-state index contributed by atoms with van der Waals surface area (Å²) in [6, 6.07) is 8.00. The summed E-state index contributed by atoms with van der Waals surface area (Å²) >= 11 is 0. The standard InChI is InChI=1S/C21H30N4O2/c1-13-7-6-8-15-11-17(14(2)25(20(26)27)21(3,4)5)19(23-18(13)15)24-10-9-16(22)12-24/h6-8,11,14,16H,9-10,12,22H2,1-5H3,(H,26,27). The SMILES string of the molecule is Cc1cccc2cc(C(C)N(C(=O)O)C(C)(C)C)c(N3CCC(N)C3)nc12. The quantitative estimate of drug-likeness (QED) is 0.856. The maximum atomic E-state index is 12.0. The number of aromatic nitrogens is 1. The van der Waals surface area contributed by atoms with Crippen LogP contribution in [-0.4, -0.2) is 45.8 Å². The van der Waals surface area contributed by atoms with E-state index in [0.29, 0.717) is 0 Å². The molecule has 1 fully saturated rings. The van der Waals surface area contributed by atoms with E-state index in [1.165, 1.54) is 4.90 Å². The number of hydrogen-bond donors (Lipinski definition) is 2.